The molecule has 0 fully saturated rings. The van der Waals surface area contributed by atoms with Gasteiger partial charge in [-0.15, -0.1) is 0 Å². The zero-order chi connectivity index (χ0) is 13.9. The van der Waals surface area contributed by atoms with Crippen LogP contribution in [0.3, 0.4) is 0 Å². The molecule has 0 aliphatic carbocycles. The highest BCUT2D eigenvalue weighted by Gasteiger charge is 2.15. The highest BCUT2D eigenvalue weighted by Crippen LogP contribution is 2.05. The molecule has 0 aliphatic heterocycles. The van der Waals surface area contributed by atoms with E-state index in [1.54, 1.807) is 0 Å². The molecule has 0 aromatic heterocycles. The summed E-state index contributed by atoms with van der Waals surface area (Å²) in [6.07, 6.45) is 0.436. The van der Waals surface area contributed by atoms with Gasteiger partial charge in [-0.1, -0.05) is 0 Å². The third-order valence-electron chi connectivity index (χ3n) is 1.78. The normalized spacial score (nSPS) is 11.3. The van der Waals surface area contributed by atoms with Crippen LogP contribution in [0.2, 0.25) is 0 Å². The van der Waals surface area contributed by atoms with Crippen molar-refractivity contribution in [1.82, 2.24) is 5.32 Å². The number of rotatable bonds is 9. The van der Waals surface area contributed by atoms with Gasteiger partial charge in [0.05, 0.1) is 19.8 Å². The summed E-state index contributed by atoms with van der Waals surface area (Å²) in [5.74, 6) is 0. The van der Waals surface area contributed by atoms with Crippen LogP contribution in [0.1, 0.15) is 27.2 Å². The number of alkyl carbamates (subject to hydrolysis) is 1. The predicted molar refractivity (Wildman–Crippen MR) is 69.5 cm³/mol. The van der Waals surface area contributed by atoms with Crippen LogP contribution in [0.5, 0.6) is 0 Å². The van der Waals surface area contributed by atoms with Crippen LogP contribution >= 0.6 is 0 Å². The average molecular weight is 262 g/mol. The number of carbonyl (C=O) groups excluding carboxylic acids is 1. The molecule has 0 heterocycles. The molecule has 0 rings (SSSR count). The van der Waals surface area contributed by atoms with Gasteiger partial charge < -0.3 is 25.3 Å². The maximum atomic E-state index is 11.2. The van der Waals surface area contributed by atoms with Crippen molar-refractivity contribution in [3.8, 4) is 0 Å². The van der Waals surface area contributed by atoms with E-state index in [1.165, 1.54) is 0 Å². The van der Waals surface area contributed by atoms with E-state index in [2.05, 4.69) is 5.32 Å². The van der Waals surface area contributed by atoms with Gasteiger partial charge in [-0.3, -0.25) is 0 Å². The summed E-state index contributed by atoms with van der Waals surface area (Å²) in [6, 6.07) is 0. The van der Waals surface area contributed by atoms with Crippen molar-refractivity contribution in [1.29, 1.82) is 0 Å². The lowest BCUT2D eigenvalue weighted by atomic mass is 10.2. The third kappa shape index (κ3) is 13.2. The number of nitrogens with one attached hydrogen (secondary N) is 1. The van der Waals surface area contributed by atoms with E-state index < -0.39 is 11.7 Å². The Morgan fingerprint density at radius 3 is 2.28 bits per heavy atom. The van der Waals surface area contributed by atoms with Crippen molar-refractivity contribution in [2.24, 2.45) is 5.73 Å². The van der Waals surface area contributed by atoms with E-state index in [1.807, 2.05) is 20.8 Å². The van der Waals surface area contributed by atoms with Crippen LogP contribution in [-0.4, -0.2) is 51.2 Å². The van der Waals surface area contributed by atoms with Crippen molar-refractivity contribution >= 4 is 6.09 Å². The summed E-state index contributed by atoms with van der Waals surface area (Å²) in [4.78, 5) is 11.2. The summed E-state index contributed by atoms with van der Waals surface area (Å²) >= 11 is 0. The number of hydrogen-bond donors (Lipinski definition) is 2. The number of amides is 1. The van der Waals surface area contributed by atoms with Gasteiger partial charge in [-0.2, -0.15) is 0 Å². The summed E-state index contributed by atoms with van der Waals surface area (Å²) in [6.45, 7) is 8.70. The molecule has 1 amide bonds. The molecular weight excluding hydrogens is 236 g/mol. The first-order valence-electron chi connectivity index (χ1n) is 6.28. The topological polar surface area (TPSA) is 82.8 Å². The maximum absolute atomic E-state index is 11.2. The average Bonchev–Trinajstić information content (AvgIpc) is 2.24. The minimum atomic E-state index is -0.470. The van der Waals surface area contributed by atoms with Gasteiger partial charge in [-0.25, -0.2) is 4.79 Å². The van der Waals surface area contributed by atoms with Gasteiger partial charge in [-0.05, 0) is 33.7 Å². The van der Waals surface area contributed by atoms with Crippen LogP contribution in [0.4, 0.5) is 4.79 Å². The van der Waals surface area contributed by atoms with E-state index in [0.717, 1.165) is 6.42 Å². The van der Waals surface area contributed by atoms with Gasteiger partial charge in [0.2, 0.25) is 0 Å². The Hall–Kier alpha value is -0.850. The molecule has 0 saturated heterocycles. The fourth-order valence-electron chi connectivity index (χ4n) is 1.05. The lowest BCUT2D eigenvalue weighted by Gasteiger charge is -2.19. The lowest BCUT2D eigenvalue weighted by molar-refractivity contribution is 0.0397. The minimum absolute atomic E-state index is 0.426. The number of carbonyl (C=O) groups is 1. The third-order valence-corrected chi connectivity index (χ3v) is 1.78. The van der Waals surface area contributed by atoms with Crippen LogP contribution in [0, 0.1) is 0 Å². The summed E-state index contributed by atoms with van der Waals surface area (Å²) < 4.78 is 15.6. The van der Waals surface area contributed by atoms with Gasteiger partial charge in [0.15, 0.2) is 0 Å². The largest absolute Gasteiger partial charge is 0.444 e. The second-order valence-corrected chi connectivity index (χ2v) is 4.80. The fourth-order valence-corrected chi connectivity index (χ4v) is 1.05. The Labute approximate surface area is 109 Å². The van der Waals surface area contributed by atoms with E-state index in [4.69, 9.17) is 19.9 Å². The Balaban J connectivity index is 3.23. The second kappa shape index (κ2) is 10.1. The molecule has 0 aromatic carbocycles. The Morgan fingerprint density at radius 2 is 1.72 bits per heavy atom. The van der Waals surface area contributed by atoms with Gasteiger partial charge in [0.25, 0.3) is 0 Å². The van der Waals surface area contributed by atoms with Crippen LogP contribution in [0.25, 0.3) is 0 Å². The molecule has 6 nitrogen and oxygen atoms in total. The first-order valence-corrected chi connectivity index (χ1v) is 6.28. The molecule has 0 atom stereocenters. The monoisotopic (exact) mass is 262 g/mol. The Bertz CT molecular complexity index is 217. The number of nitrogens with two attached hydrogens (primary N) is 1. The molecule has 0 aliphatic rings. The molecule has 3 N–H and O–H groups in total. The van der Waals surface area contributed by atoms with Crippen LogP contribution < -0.4 is 11.1 Å². The van der Waals surface area contributed by atoms with Crippen molar-refractivity contribution in [3.63, 3.8) is 0 Å². The smallest absolute Gasteiger partial charge is 0.407 e. The van der Waals surface area contributed by atoms with Crippen molar-refractivity contribution in [3.05, 3.63) is 0 Å². The van der Waals surface area contributed by atoms with E-state index in [-0.39, 0.29) is 0 Å². The SMILES string of the molecule is CC(C)(C)OC(=O)NCCOCCOCCCN. The van der Waals surface area contributed by atoms with Crippen LogP contribution in [-0.2, 0) is 14.2 Å². The van der Waals surface area contributed by atoms with E-state index in [0.29, 0.717) is 39.5 Å². The molecule has 6 heteroatoms. The Kier molecular flexibility index (Phi) is 9.63. The summed E-state index contributed by atoms with van der Waals surface area (Å²) in [5.41, 5.74) is 4.85. The number of ether oxygens (including phenoxy) is 3. The standard InChI is InChI=1S/C12H26N2O4/c1-12(2,3)18-11(15)14-6-8-17-10-9-16-7-4-5-13/h4-10,13H2,1-3H3,(H,14,15). The molecule has 18 heavy (non-hydrogen) atoms. The Morgan fingerprint density at radius 1 is 1.11 bits per heavy atom. The fraction of sp³-hybridized carbons (Fsp3) is 0.917. The maximum Gasteiger partial charge on any atom is 0.407 e. The van der Waals surface area contributed by atoms with Gasteiger partial charge in [0.1, 0.15) is 5.60 Å². The van der Waals surface area contributed by atoms with Crippen molar-refractivity contribution < 1.29 is 19.0 Å². The minimum Gasteiger partial charge on any atom is -0.444 e. The number of hydrogen-bond acceptors (Lipinski definition) is 5. The summed E-state index contributed by atoms with van der Waals surface area (Å²) in [7, 11) is 0. The molecule has 108 valence electrons. The first kappa shape index (κ1) is 17.2. The zero-order valence-corrected chi connectivity index (χ0v) is 11.7. The van der Waals surface area contributed by atoms with Gasteiger partial charge in [0, 0.05) is 13.2 Å². The lowest BCUT2D eigenvalue weighted by Crippen LogP contribution is -2.34. The molecule has 0 bridgehead atoms. The predicted octanol–water partition coefficient (Wildman–Crippen LogP) is 0.893. The summed E-state index contributed by atoms with van der Waals surface area (Å²) in [5, 5.41) is 2.61. The molecule has 0 aromatic rings. The van der Waals surface area contributed by atoms with E-state index >= 15 is 0 Å². The highest BCUT2D eigenvalue weighted by atomic mass is 16.6. The second-order valence-electron chi connectivity index (χ2n) is 4.80. The molecule has 0 radical (unpaired) electrons. The zero-order valence-electron chi connectivity index (χ0n) is 11.7. The molecule has 0 unspecified atom stereocenters. The van der Waals surface area contributed by atoms with Crippen molar-refractivity contribution in [2.45, 2.75) is 32.8 Å². The van der Waals surface area contributed by atoms with E-state index in [9.17, 15) is 4.79 Å². The molecule has 0 spiro atoms. The molecular formula is C12H26N2O4. The first-order chi connectivity index (χ1) is 8.45. The van der Waals surface area contributed by atoms with Crippen LogP contribution in [0.15, 0.2) is 0 Å². The van der Waals surface area contributed by atoms with Crippen molar-refractivity contribution in [2.75, 3.05) is 39.5 Å². The quantitative estimate of drug-likeness (QED) is 0.603. The molecule has 0 saturated carbocycles. The highest BCUT2D eigenvalue weighted by molar-refractivity contribution is 5.67. The van der Waals surface area contributed by atoms with Gasteiger partial charge >= 0.3 is 6.09 Å².